The van der Waals surface area contributed by atoms with Crippen molar-refractivity contribution in [2.75, 3.05) is 32.5 Å². The van der Waals surface area contributed by atoms with Crippen molar-refractivity contribution in [3.63, 3.8) is 0 Å². The molecule has 1 amide bonds. The zero-order valence-corrected chi connectivity index (χ0v) is 18.0. The average Bonchev–Trinajstić information content (AvgIpc) is 2.74. The number of alkyl halides is 4. The van der Waals surface area contributed by atoms with E-state index in [1.807, 2.05) is 11.9 Å². The first-order valence-electron chi connectivity index (χ1n) is 10.3. The number of fused-ring (bicyclic) bond motifs is 1. The second-order valence-electron chi connectivity index (χ2n) is 7.87. The fourth-order valence-corrected chi connectivity index (χ4v) is 3.68. The Bertz CT molecular complexity index is 1030. The van der Waals surface area contributed by atoms with Crippen LogP contribution in [0.2, 0.25) is 0 Å². The molecule has 5 nitrogen and oxygen atoms in total. The van der Waals surface area contributed by atoms with E-state index in [4.69, 9.17) is 0 Å². The van der Waals surface area contributed by atoms with E-state index in [9.17, 15) is 22.4 Å². The van der Waals surface area contributed by atoms with Crippen LogP contribution in [0.3, 0.4) is 0 Å². The van der Waals surface area contributed by atoms with Crippen molar-refractivity contribution in [1.29, 1.82) is 0 Å². The minimum atomic E-state index is -4.66. The van der Waals surface area contributed by atoms with E-state index < -0.39 is 24.0 Å². The lowest BCUT2D eigenvalue weighted by Gasteiger charge is -2.33. The predicted molar refractivity (Wildman–Crippen MR) is 119 cm³/mol. The van der Waals surface area contributed by atoms with E-state index in [-0.39, 0.29) is 35.6 Å². The standard InChI is InChI=1S/C23H26F4N4O/c1-14(23(25,26)27)22-16-7-5-8-19(30-20-10-11-31(3)13-18(20)24)17(16)12-15(29-22)6-4-9-21(32)28-2/h4-8,12,18,20,30H,1,9-11,13H2,2-3H3,(H,28,32)/b6-4+/t18-,20+/m0/s1. The van der Waals surface area contributed by atoms with Gasteiger partial charge in [0.15, 0.2) is 0 Å². The topological polar surface area (TPSA) is 57.3 Å². The largest absolute Gasteiger partial charge is 0.417 e. The third-order valence-electron chi connectivity index (χ3n) is 5.48. The second kappa shape index (κ2) is 9.68. The number of anilines is 1. The Kier molecular flexibility index (Phi) is 7.18. The number of likely N-dealkylation sites (tertiary alicyclic amines) is 1. The number of rotatable bonds is 6. The van der Waals surface area contributed by atoms with Gasteiger partial charge in [-0.1, -0.05) is 24.8 Å². The van der Waals surface area contributed by atoms with Crippen molar-refractivity contribution in [2.45, 2.75) is 31.2 Å². The number of nitrogens with one attached hydrogen (secondary N) is 2. The molecule has 0 radical (unpaired) electrons. The number of nitrogens with zero attached hydrogens (tertiary/aromatic N) is 2. The van der Waals surface area contributed by atoms with E-state index in [0.717, 1.165) is 0 Å². The number of amides is 1. The highest BCUT2D eigenvalue weighted by Crippen LogP contribution is 2.37. The van der Waals surface area contributed by atoms with Gasteiger partial charge in [-0.05, 0) is 31.7 Å². The number of halogens is 4. The van der Waals surface area contributed by atoms with E-state index >= 15 is 0 Å². The highest BCUT2D eigenvalue weighted by atomic mass is 19.4. The monoisotopic (exact) mass is 450 g/mol. The molecule has 0 unspecified atom stereocenters. The SMILES string of the molecule is C=C(c1nc(/C=C/CC(=O)NC)cc2c(N[C@@H]3CCN(C)C[C@@H]3F)cccc12)C(F)(F)F. The molecule has 0 aliphatic carbocycles. The Hall–Kier alpha value is -2.94. The molecule has 0 saturated carbocycles. The molecule has 3 rings (SSSR count). The maximum absolute atomic E-state index is 14.6. The highest BCUT2D eigenvalue weighted by Gasteiger charge is 2.35. The molecule has 1 fully saturated rings. The van der Waals surface area contributed by atoms with E-state index in [2.05, 4.69) is 22.2 Å². The van der Waals surface area contributed by atoms with Crippen LogP contribution in [-0.2, 0) is 4.79 Å². The van der Waals surface area contributed by atoms with Gasteiger partial charge in [0.25, 0.3) is 0 Å². The Morgan fingerprint density at radius 2 is 2.09 bits per heavy atom. The zero-order valence-electron chi connectivity index (χ0n) is 18.0. The number of carbonyl (C=O) groups excluding carboxylic acids is 1. The number of hydrogen-bond donors (Lipinski definition) is 2. The molecular weight excluding hydrogens is 424 g/mol. The molecule has 1 aliphatic rings. The summed E-state index contributed by atoms with van der Waals surface area (Å²) in [4.78, 5) is 17.5. The number of benzene rings is 1. The maximum atomic E-state index is 14.6. The summed E-state index contributed by atoms with van der Waals surface area (Å²) in [6, 6.07) is 6.05. The van der Waals surface area contributed by atoms with Crippen LogP contribution >= 0.6 is 0 Å². The molecule has 32 heavy (non-hydrogen) atoms. The van der Waals surface area contributed by atoms with Gasteiger partial charge in [0.1, 0.15) is 6.17 Å². The minimum absolute atomic E-state index is 0.0603. The van der Waals surface area contributed by atoms with Gasteiger partial charge in [0.2, 0.25) is 5.91 Å². The summed E-state index contributed by atoms with van der Waals surface area (Å²) in [5.74, 6) is -0.236. The third kappa shape index (κ3) is 5.45. The van der Waals surface area contributed by atoms with Crippen LogP contribution in [0.4, 0.5) is 23.2 Å². The van der Waals surface area contributed by atoms with Gasteiger partial charge in [0, 0.05) is 43.0 Å². The first kappa shape index (κ1) is 23.7. The average molecular weight is 450 g/mol. The molecule has 1 aliphatic heterocycles. The quantitative estimate of drug-likeness (QED) is 0.640. The summed E-state index contributed by atoms with van der Waals surface area (Å²) in [6.45, 7) is 4.21. The summed E-state index contributed by atoms with van der Waals surface area (Å²) < 4.78 is 55.0. The molecule has 1 aromatic heterocycles. The van der Waals surface area contributed by atoms with Gasteiger partial charge < -0.3 is 15.5 Å². The number of pyridine rings is 1. The second-order valence-corrected chi connectivity index (χ2v) is 7.87. The number of aromatic nitrogens is 1. The number of piperidine rings is 1. The number of hydrogen-bond acceptors (Lipinski definition) is 4. The molecular formula is C23H26F4N4O. The van der Waals surface area contributed by atoms with Gasteiger partial charge >= 0.3 is 6.18 Å². The van der Waals surface area contributed by atoms with Crippen LogP contribution in [-0.4, -0.2) is 61.4 Å². The van der Waals surface area contributed by atoms with E-state index in [1.54, 1.807) is 24.3 Å². The van der Waals surface area contributed by atoms with E-state index in [1.165, 1.54) is 19.2 Å². The smallest absolute Gasteiger partial charge is 0.379 e. The van der Waals surface area contributed by atoms with Gasteiger partial charge in [-0.25, -0.2) is 9.37 Å². The van der Waals surface area contributed by atoms with Gasteiger partial charge in [-0.15, -0.1) is 0 Å². The summed E-state index contributed by atoms with van der Waals surface area (Å²) in [7, 11) is 3.34. The fraction of sp³-hybridized carbons (Fsp3) is 0.391. The molecule has 2 atom stereocenters. The first-order chi connectivity index (χ1) is 15.1. The van der Waals surface area contributed by atoms with Crippen molar-refractivity contribution in [3.8, 4) is 0 Å². The Morgan fingerprint density at radius 3 is 2.75 bits per heavy atom. The fourth-order valence-electron chi connectivity index (χ4n) is 3.68. The van der Waals surface area contributed by atoms with Crippen LogP contribution in [0.15, 0.2) is 36.9 Å². The zero-order chi connectivity index (χ0) is 23.5. The van der Waals surface area contributed by atoms with Crippen LogP contribution < -0.4 is 10.6 Å². The lowest BCUT2D eigenvalue weighted by Crippen LogP contribution is -2.46. The molecule has 0 spiro atoms. The molecule has 2 N–H and O–H groups in total. The third-order valence-corrected chi connectivity index (χ3v) is 5.48. The molecule has 1 aromatic carbocycles. The van der Waals surface area contributed by atoms with Gasteiger partial charge in [0.05, 0.1) is 23.0 Å². The molecule has 2 heterocycles. The predicted octanol–water partition coefficient (Wildman–Crippen LogP) is 4.41. The number of carbonyl (C=O) groups is 1. The molecule has 172 valence electrons. The van der Waals surface area contributed by atoms with Crippen LogP contribution in [0.5, 0.6) is 0 Å². The Balaban J connectivity index is 2.06. The summed E-state index contributed by atoms with van der Waals surface area (Å²) in [6.07, 6.45) is -2.12. The molecule has 0 bridgehead atoms. The number of allylic oxidation sites excluding steroid dienone is 1. The van der Waals surface area contributed by atoms with E-state index in [0.29, 0.717) is 24.0 Å². The molecule has 2 aromatic rings. The minimum Gasteiger partial charge on any atom is -0.379 e. The van der Waals surface area contributed by atoms with Gasteiger partial charge in [-0.2, -0.15) is 13.2 Å². The highest BCUT2D eigenvalue weighted by molar-refractivity contribution is 6.01. The van der Waals surface area contributed by atoms with Crippen LogP contribution in [0, 0.1) is 0 Å². The molecule has 1 saturated heterocycles. The van der Waals surface area contributed by atoms with Crippen LogP contribution in [0.1, 0.15) is 24.2 Å². The van der Waals surface area contributed by atoms with Crippen molar-refractivity contribution in [3.05, 3.63) is 48.3 Å². The van der Waals surface area contributed by atoms with Crippen molar-refractivity contribution in [1.82, 2.24) is 15.2 Å². The summed E-state index contributed by atoms with van der Waals surface area (Å²) in [5, 5.41) is 6.40. The summed E-state index contributed by atoms with van der Waals surface area (Å²) >= 11 is 0. The molecule has 9 heteroatoms. The van der Waals surface area contributed by atoms with Crippen LogP contribution in [0.25, 0.3) is 22.4 Å². The lowest BCUT2D eigenvalue weighted by atomic mass is 9.99. The normalized spacial score (nSPS) is 19.9. The van der Waals surface area contributed by atoms with Gasteiger partial charge in [-0.3, -0.25) is 4.79 Å². The first-order valence-corrected chi connectivity index (χ1v) is 10.3. The van der Waals surface area contributed by atoms with Crippen molar-refractivity contribution in [2.24, 2.45) is 0 Å². The maximum Gasteiger partial charge on any atom is 0.417 e. The summed E-state index contributed by atoms with van der Waals surface area (Å²) in [5.41, 5.74) is -0.585. The van der Waals surface area contributed by atoms with Crippen molar-refractivity contribution < 1.29 is 22.4 Å². The lowest BCUT2D eigenvalue weighted by molar-refractivity contribution is -0.119. The van der Waals surface area contributed by atoms with Crippen molar-refractivity contribution >= 4 is 34.0 Å². The Labute approximate surface area is 184 Å². The Morgan fingerprint density at radius 1 is 1.34 bits per heavy atom.